The zero-order chi connectivity index (χ0) is 41.4. The quantitative estimate of drug-likeness (QED) is 0.0204. The molecule has 0 spiro atoms. The van der Waals surface area contributed by atoms with Crippen molar-refractivity contribution in [1.82, 2.24) is 4.98 Å². The highest BCUT2D eigenvalue weighted by molar-refractivity contribution is 7.47. The number of hydrogen-bond donors (Lipinski definition) is 5. The number of nitrogens with zero attached hydrogens (tertiary/aromatic N) is 2. The first-order valence-electron chi connectivity index (χ1n) is 21.4. The van der Waals surface area contributed by atoms with E-state index >= 15 is 0 Å². The molecule has 320 valence electrons. The summed E-state index contributed by atoms with van der Waals surface area (Å²) in [5.41, 5.74) is 13.5. The fraction of sp³-hybridized carbons (Fsp3) is 0.698. The van der Waals surface area contributed by atoms with Crippen molar-refractivity contribution in [2.24, 2.45) is 16.5 Å². The number of aromatic amines is 1. The summed E-state index contributed by atoms with van der Waals surface area (Å²) in [5, 5.41) is 16.6. The van der Waals surface area contributed by atoms with Crippen LogP contribution in [0.4, 0.5) is 0 Å². The minimum atomic E-state index is -4.51. The van der Waals surface area contributed by atoms with Crippen LogP contribution in [-0.2, 0) is 29.7 Å². The lowest BCUT2D eigenvalue weighted by Crippen LogP contribution is -2.43. The Balaban J connectivity index is 1.43. The van der Waals surface area contributed by atoms with Crippen LogP contribution in [0.2, 0.25) is 0 Å². The molecule has 0 saturated carbocycles. The van der Waals surface area contributed by atoms with Gasteiger partial charge in [-0.15, -0.1) is 0 Å². The molecule has 0 radical (unpaired) electrons. The van der Waals surface area contributed by atoms with Gasteiger partial charge >= 0.3 is 7.82 Å². The largest absolute Gasteiger partial charge is 0.490 e. The van der Waals surface area contributed by atoms with Crippen LogP contribution in [0.1, 0.15) is 178 Å². The molecule has 0 amide bonds. The molecule has 1 aromatic carbocycles. The van der Waals surface area contributed by atoms with E-state index < -0.39 is 25.8 Å². The maximum atomic E-state index is 13.1. The van der Waals surface area contributed by atoms with E-state index in [0.29, 0.717) is 36.3 Å². The predicted molar refractivity (Wildman–Crippen MR) is 226 cm³/mol. The number of amidine groups is 1. The van der Waals surface area contributed by atoms with Crippen LogP contribution in [0.25, 0.3) is 0 Å². The molecule has 2 heterocycles. The first-order chi connectivity index (χ1) is 27.5. The molecule has 3 rings (SSSR count). The summed E-state index contributed by atoms with van der Waals surface area (Å²) in [4.78, 5) is 17.6. The second-order valence-corrected chi connectivity index (χ2v) is 17.2. The van der Waals surface area contributed by atoms with Gasteiger partial charge in [-0.2, -0.15) is 5.26 Å². The monoisotopic (exact) mass is 815 g/mol. The Kier molecular flexibility index (Phi) is 22.7. The first kappa shape index (κ1) is 48.3. The lowest BCUT2D eigenvalue weighted by molar-refractivity contribution is -0.0734. The van der Waals surface area contributed by atoms with Crippen molar-refractivity contribution in [3.8, 4) is 11.8 Å². The number of aliphatic imine (C=N–C) groups is 1. The van der Waals surface area contributed by atoms with Crippen molar-refractivity contribution in [3.63, 3.8) is 0 Å². The van der Waals surface area contributed by atoms with E-state index in [0.717, 1.165) is 36.9 Å². The molecule has 1 fully saturated rings. The number of aromatic nitrogens is 1. The summed E-state index contributed by atoms with van der Waals surface area (Å²) in [5.74, 6) is 0.663. The van der Waals surface area contributed by atoms with Gasteiger partial charge in [-0.25, -0.2) is 9.56 Å². The second kappa shape index (κ2) is 26.8. The molecule has 1 aliphatic heterocycles. The molecular weight excluding hydrogens is 743 g/mol. The molecular formula is C43H71N6O7P. The molecule has 1 aliphatic rings. The Bertz CT molecular complexity index is 1560. The molecule has 4 atom stereocenters. The summed E-state index contributed by atoms with van der Waals surface area (Å²) < 4.78 is 42.1. The SMILES string of the molecule is CCCCCCCCCCCCCCCCCCC[C@H](COP(=O)(O)OC[C@]1(N)CC[C@H](c2ccc(C(N)=NC=N)[nH]2)O1)OCc1ccc(C#N)c(OC(C)C)c1. The van der Waals surface area contributed by atoms with Crippen LogP contribution in [0.5, 0.6) is 5.75 Å². The Labute approximate surface area is 341 Å². The lowest BCUT2D eigenvalue weighted by atomic mass is 10.0. The van der Waals surface area contributed by atoms with Gasteiger partial charge in [-0.3, -0.25) is 14.5 Å². The molecule has 1 aromatic heterocycles. The number of rotatable bonds is 32. The van der Waals surface area contributed by atoms with E-state index in [-0.39, 0.29) is 31.8 Å². The summed E-state index contributed by atoms with van der Waals surface area (Å²) in [7, 11) is -4.51. The van der Waals surface area contributed by atoms with Crippen LogP contribution in [0, 0.1) is 16.7 Å². The van der Waals surface area contributed by atoms with Crippen molar-refractivity contribution in [3.05, 3.63) is 52.8 Å². The lowest BCUT2D eigenvalue weighted by Gasteiger charge is -2.26. The topological polar surface area (TPSA) is 211 Å². The Morgan fingerprint density at radius 3 is 2.21 bits per heavy atom. The molecule has 7 N–H and O–H groups in total. The number of phosphoric acid groups is 1. The number of nitrogens with two attached hydrogens (primary N) is 2. The molecule has 1 unspecified atom stereocenters. The van der Waals surface area contributed by atoms with Crippen molar-refractivity contribution < 1.29 is 32.7 Å². The van der Waals surface area contributed by atoms with Gasteiger partial charge in [0.15, 0.2) is 0 Å². The highest BCUT2D eigenvalue weighted by atomic mass is 31.2. The van der Waals surface area contributed by atoms with Gasteiger partial charge in [0, 0.05) is 5.69 Å². The van der Waals surface area contributed by atoms with Crippen molar-refractivity contribution in [2.45, 2.75) is 180 Å². The number of hydrogen-bond acceptors (Lipinski definition) is 9. The van der Waals surface area contributed by atoms with E-state index in [9.17, 15) is 14.7 Å². The molecule has 57 heavy (non-hydrogen) atoms. The minimum Gasteiger partial charge on any atom is -0.490 e. The van der Waals surface area contributed by atoms with Gasteiger partial charge in [0.25, 0.3) is 0 Å². The first-order valence-corrected chi connectivity index (χ1v) is 22.9. The predicted octanol–water partition coefficient (Wildman–Crippen LogP) is 10.3. The Morgan fingerprint density at radius 1 is 1.02 bits per heavy atom. The number of benzene rings is 1. The Morgan fingerprint density at radius 2 is 1.63 bits per heavy atom. The van der Waals surface area contributed by atoms with Gasteiger partial charge in [-0.05, 0) is 62.9 Å². The Hall–Kier alpha value is -3.08. The van der Waals surface area contributed by atoms with Crippen LogP contribution < -0.4 is 16.2 Å². The van der Waals surface area contributed by atoms with E-state index in [4.69, 9.17) is 40.1 Å². The van der Waals surface area contributed by atoms with Gasteiger partial charge in [0.05, 0.1) is 42.8 Å². The third-order valence-electron chi connectivity index (χ3n) is 10.3. The number of ether oxygens (including phenoxy) is 3. The zero-order valence-corrected chi connectivity index (χ0v) is 35.7. The summed E-state index contributed by atoms with van der Waals surface area (Å²) in [6, 6.07) is 11.0. The van der Waals surface area contributed by atoms with E-state index in [1.165, 1.54) is 89.9 Å². The average Bonchev–Trinajstić information content (AvgIpc) is 3.84. The van der Waals surface area contributed by atoms with E-state index in [2.05, 4.69) is 23.0 Å². The maximum absolute atomic E-state index is 13.1. The normalized spacial score (nSPS) is 18.8. The summed E-state index contributed by atoms with van der Waals surface area (Å²) >= 11 is 0. The number of phosphoric ester groups is 1. The molecule has 14 heteroatoms. The molecule has 0 bridgehead atoms. The van der Waals surface area contributed by atoms with Crippen molar-refractivity contribution in [1.29, 1.82) is 10.7 Å². The van der Waals surface area contributed by atoms with Crippen LogP contribution in [0.3, 0.4) is 0 Å². The van der Waals surface area contributed by atoms with Crippen molar-refractivity contribution in [2.75, 3.05) is 13.2 Å². The van der Waals surface area contributed by atoms with Gasteiger partial charge in [0.2, 0.25) is 0 Å². The average molecular weight is 815 g/mol. The fourth-order valence-corrected chi connectivity index (χ4v) is 7.83. The third kappa shape index (κ3) is 19.5. The third-order valence-corrected chi connectivity index (χ3v) is 11.2. The highest BCUT2D eigenvalue weighted by Gasteiger charge is 2.40. The molecule has 0 aliphatic carbocycles. The van der Waals surface area contributed by atoms with Crippen LogP contribution in [-0.4, -0.2) is 53.2 Å². The smallest absolute Gasteiger partial charge is 0.472 e. The fourth-order valence-electron chi connectivity index (χ4n) is 7.02. The minimum absolute atomic E-state index is 0.0972. The van der Waals surface area contributed by atoms with Gasteiger partial charge < -0.3 is 35.6 Å². The van der Waals surface area contributed by atoms with E-state index in [1.807, 2.05) is 19.9 Å². The molecule has 13 nitrogen and oxygen atoms in total. The maximum Gasteiger partial charge on any atom is 0.472 e. The number of nitriles is 1. The standard InChI is InChI=1S/C43H71N6O7P/c1-4-5-6-7-8-9-10-11-12-13-14-15-16-17-18-19-20-21-37(52-30-35-22-23-36(29-44)41(28-35)55-34(2)3)31-53-57(50,51)54-32-43(47)27-26-40(56-43)38-24-25-39(49-38)42(46)48-33-45/h22-25,28,33-34,37,40,49H,4-21,26-27,30-32,47H2,1-3H3,(H,50,51)(H3,45,46,48)/t37-,40-,43+/m1/s1. The number of unbranched alkanes of at least 4 members (excludes halogenated alkanes) is 16. The van der Waals surface area contributed by atoms with Crippen LogP contribution >= 0.6 is 7.82 Å². The summed E-state index contributed by atoms with van der Waals surface area (Å²) in [6.45, 7) is 5.79. The summed E-state index contributed by atoms with van der Waals surface area (Å²) in [6.07, 6.45) is 23.3. The van der Waals surface area contributed by atoms with Crippen molar-refractivity contribution >= 4 is 20.0 Å². The van der Waals surface area contributed by atoms with Crippen LogP contribution in [0.15, 0.2) is 35.3 Å². The second-order valence-electron chi connectivity index (χ2n) is 15.7. The van der Waals surface area contributed by atoms with Gasteiger partial charge in [-0.1, -0.05) is 122 Å². The number of H-pyrrole nitrogens is 1. The zero-order valence-electron chi connectivity index (χ0n) is 34.9. The number of nitrogens with one attached hydrogen (secondary N) is 2. The molecule has 1 saturated heterocycles. The molecule has 2 aromatic rings. The van der Waals surface area contributed by atoms with Gasteiger partial charge in [0.1, 0.15) is 36.3 Å². The van der Waals surface area contributed by atoms with E-state index in [1.54, 1.807) is 24.3 Å². The highest BCUT2D eigenvalue weighted by Crippen LogP contribution is 2.46.